The SMILES string of the molecule is CC(C)c1cc(F)cc(-c2ccnc(C#N)c2)c1N=C=O.CN(C)c1cncc(S(N)(=O)=O)n1.[C-]#[N+]c1cc(-c2cc(F)cc(C(C)C)c2NC(=O)NS(=O)(=O)c2cncc(N(C)C)n2)ccn1. The maximum Gasteiger partial charge on any atom is 0.333 e. The number of nitrogens with one attached hydrogen (secondary N) is 2. The monoisotopic (exact) mass is 966 g/mol. The highest BCUT2D eigenvalue weighted by atomic mass is 32.2. The van der Waals surface area contributed by atoms with Crippen LogP contribution in [-0.2, 0) is 24.8 Å². The minimum atomic E-state index is -4.35. The van der Waals surface area contributed by atoms with E-state index in [-0.39, 0.29) is 39.6 Å². The van der Waals surface area contributed by atoms with Crippen LogP contribution in [-0.4, -0.2) is 87.0 Å². The first kappa shape index (κ1) is 52.5. The Morgan fingerprint density at radius 1 is 0.794 bits per heavy atom. The zero-order valence-electron chi connectivity index (χ0n) is 37.8. The van der Waals surface area contributed by atoms with Crippen molar-refractivity contribution in [2.24, 2.45) is 10.1 Å². The van der Waals surface area contributed by atoms with Gasteiger partial charge < -0.3 is 20.0 Å². The smallest absolute Gasteiger partial charge is 0.333 e. The first-order chi connectivity index (χ1) is 32.0. The molecule has 6 aromatic rings. The van der Waals surface area contributed by atoms with Crippen molar-refractivity contribution in [1.29, 1.82) is 5.26 Å². The molecular weight excluding hydrogens is 923 g/mol. The molecule has 0 radical (unpaired) electrons. The highest BCUT2D eigenvalue weighted by molar-refractivity contribution is 7.90. The Hall–Kier alpha value is -8.15. The number of urea groups is 1. The zero-order valence-corrected chi connectivity index (χ0v) is 39.4. The van der Waals surface area contributed by atoms with Crippen molar-refractivity contribution < 1.29 is 35.2 Å². The summed E-state index contributed by atoms with van der Waals surface area (Å²) in [6, 6.07) is 12.2. The minimum absolute atomic E-state index is 0.0103. The van der Waals surface area contributed by atoms with Crippen LogP contribution in [0.3, 0.4) is 0 Å². The molecule has 0 fully saturated rings. The van der Waals surface area contributed by atoms with E-state index in [0.29, 0.717) is 45.1 Å². The van der Waals surface area contributed by atoms with E-state index < -0.39 is 42.7 Å². The maximum atomic E-state index is 14.4. The summed E-state index contributed by atoms with van der Waals surface area (Å²) in [6.07, 6.45) is 9.33. The van der Waals surface area contributed by atoms with Gasteiger partial charge in [-0.1, -0.05) is 34.3 Å². The van der Waals surface area contributed by atoms with Crippen LogP contribution < -0.4 is 25.0 Å². The Balaban J connectivity index is 0.000000250. The van der Waals surface area contributed by atoms with Crippen LogP contribution >= 0.6 is 0 Å². The Morgan fingerprint density at radius 2 is 1.32 bits per heavy atom. The molecule has 0 spiro atoms. The van der Waals surface area contributed by atoms with E-state index in [2.05, 4.69) is 45.1 Å². The Bertz CT molecular complexity index is 3190. The van der Waals surface area contributed by atoms with E-state index in [9.17, 15) is 35.2 Å². The standard InChI is InChI=1S/C22H22FN7O3S.C16H12FN3O.C6H10N4O2S/c1-13(2)16-9-15(23)10-17(14-6-7-26-18(8-14)24-3)21(16)28-22(31)29-34(32,33)20-12-25-11-19(27-20)30(4)5;1-10(2)14-6-12(17)7-15(16(14)20-9-21)11-3-4-19-13(5-11)8-18;1-10(2)5-3-8-4-6(9-5)13(7,11)12/h6-13H,1-2,4-5H3,(H2,28,29,31);3-7,10H,1-2H3;3-4H,1-2H3,(H2,7,11,12). The fraction of sp³-hybridized carbons (Fsp3) is 0.227. The van der Waals surface area contributed by atoms with Gasteiger partial charge in [-0.15, -0.1) is 4.98 Å². The maximum absolute atomic E-state index is 14.4. The number of amides is 2. The predicted octanol–water partition coefficient (Wildman–Crippen LogP) is 6.97. The first-order valence-corrected chi connectivity index (χ1v) is 22.8. The van der Waals surface area contributed by atoms with E-state index in [4.69, 9.17) is 17.0 Å². The molecule has 0 aliphatic carbocycles. The molecule has 20 nitrogen and oxygen atoms in total. The molecule has 0 unspecified atom stereocenters. The number of nitrogens with zero attached hydrogens (tertiary/aromatic N) is 11. The van der Waals surface area contributed by atoms with Gasteiger partial charge in [0, 0.05) is 45.5 Å². The summed E-state index contributed by atoms with van der Waals surface area (Å²) < 4.78 is 77.4. The quantitative estimate of drug-likeness (QED) is 0.0672. The van der Waals surface area contributed by atoms with E-state index in [1.807, 2.05) is 24.6 Å². The molecule has 24 heteroatoms. The van der Waals surface area contributed by atoms with Gasteiger partial charge >= 0.3 is 6.03 Å². The Labute approximate surface area is 391 Å². The summed E-state index contributed by atoms with van der Waals surface area (Å²) in [4.78, 5) is 56.8. The first-order valence-electron chi connectivity index (χ1n) is 19.8. The molecule has 0 saturated carbocycles. The van der Waals surface area contributed by atoms with Crippen LogP contribution in [0.2, 0.25) is 0 Å². The second-order valence-corrected chi connectivity index (χ2v) is 18.3. The van der Waals surface area contributed by atoms with Crippen molar-refractivity contribution in [1.82, 2.24) is 34.6 Å². The summed E-state index contributed by atoms with van der Waals surface area (Å²) in [5.41, 5.74) is 3.59. The average Bonchev–Trinajstić information content (AvgIpc) is 3.29. The number of pyridine rings is 2. The molecule has 0 aliphatic heterocycles. The number of hydrogen-bond donors (Lipinski definition) is 3. The highest BCUT2D eigenvalue weighted by Gasteiger charge is 2.24. The summed E-state index contributed by atoms with van der Waals surface area (Å²) in [6.45, 7) is 14.5. The highest BCUT2D eigenvalue weighted by Crippen LogP contribution is 2.39. The van der Waals surface area contributed by atoms with E-state index in [0.717, 1.165) is 12.4 Å². The number of nitriles is 1. The number of hydrogen-bond acceptors (Lipinski definition) is 16. The molecule has 2 aromatic carbocycles. The summed E-state index contributed by atoms with van der Waals surface area (Å²) >= 11 is 0. The van der Waals surface area contributed by atoms with Crippen LogP contribution in [0.1, 0.15) is 56.4 Å². The second-order valence-electron chi connectivity index (χ2n) is 15.2. The number of sulfonamides is 2. The van der Waals surface area contributed by atoms with Gasteiger partial charge in [0.15, 0.2) is 10.1 Å². The molecule has 352 valence electrons. The number of carbonyl (C=O) groups excluding carboxylic acids is 2. The molecule has 2 amide bonds. The number of aromatic nitrogens is 6. The van der Waals surface area contributed by atoms with Gasteiger partial charge in [-0.25, -0.2) is 51.6 Å². The third-order valence-electron chi connectivity index (χ3n) is 9.14. The lowest BCUT2D eigenvalue weighted by molar-refractivity contribution is 0.256. The molecule has 6 rings (SSSR count). The number of isocyanates is 1. The molecule has 0 aliphatic rings. The fourth-order valence-electron chi connectivity index (χ4n) is 5.90. The lowest BCUT2D eigenvalue weighted by atomic mass is 9.94. The van der Waals surface area contributed by atoms with Crippen LogP contribution in [0.4, 0.5) is 42.4 Å². The molecule has 0 saturated heterocycles. The molecule has 4 N–H and O–H groups in total. The van der Waals surface area contributed by atoms with Gasteiger partial charge in [0.2, 0.25) is 6.08 Å². The van der Waals surface area contributed by atoms with Crippen LogP contribution in [0.5, 0.6) is 0 Å². The number of halogens is 2. The van der Waals surface area contributed by atoms with E-state index >= 15 is 0 Å². The number of primary sulfonamides is 1. The van der Waals surface area contributed by atoms with Crippen LogP contribution in [0.25, 0.3) is 27.1 Å². The van der Waals surface area contributed by atoms with Crippen LogP contribution in [0, 0.1) is 29.5 Å². The third-order valence-corrected chi connectivity index (χ3v) is 11.1. The minimum Gasteiger partial charge on any atom is -0.361 e. The number of aliphatic imine (C=N–C) groups is 1. The van der Waals surface area contributed by atoms with Gasteiger partial charge in [0.05, 0.1) is 36.2 Å². The van der Waals surface area contributed by atoms with Crippen molar-refractivity contribution in [2.75, 3.05) is 43.3 Å². The van der Waals surface area contributed by atoms with Gasteiger partial charge in [0.1, 0.15) is 41.2 Å². The van der Waals surface area contributed by atoms with E-state index in [1.165, 1.54) is 67.3 Å². The Morgan fingerprint density at radius 3 is 1.85 bits per heavy atom. The Kier molecular flexibility index (Phi) is 17.6. The van der Waals surface area contributed by atoms with Crippen molar-refractivity contribution in [3.8, 4) is 28.3 Å². The number of carbonyl (C=O) groups is 1. The van der Waals surface area contributed by atoms with Gasteiger partial charge in [-0.2, -0.15) is 18.7 Å². The largest absolute Gasteiger partial charge is 0.361 e. The number of benzene rings is 2. The molecule has 68 heavy (non-hydrogen) atoms. The normalized spacial score (nSPS) is 10.8. The topological polar surface area (TPSA) is 277 Å². The van der Waals surface area contributed by atoms with Crippen molar-refractivity contribution in [3.63, 3.8) is 0 Å². The third kappa shape index (κ3) is 13.9. The average molecular weight is 967 g/mol. The van der Waals surface area contributed by atoms with Crippen molar-refractivity contribution in [2.45, 2.75) is 49.6 Å². The van der Waals surface area contributed by atoms with Gasteiger partial charge in [0.25, 0.3) is 25.9 Å². The fourth-order valence-corrected chi connectivity index (χ4v) is 7.14. The zero-order chi connectivity index (χ0) is 50.5. The van der Waals surface area contributed by atoms with Crippen LogP contribution in [0.15, 0.2) is 101 Å². The number of nitrogens with two attached hydrogens (primary N) is 1. The summed E-state index contributed by atoms with van der Waals surface area (Å²) in [7, 11) is -1.31. The van der Waals surface area contributed by atoms with Crippen molar-refractivity contribution >= 4 is 61.0 Å². The summed E-state index contributed by atoms with van der Waals surface area (Å²) in [5.74, 6) is -0.366. The van der Waals surface area contributed by atoms with E-state index in [1.54, 1.807) is 64.0 Å². The molecule has 0 atom stereocenters. The molecule has 4 heterocycles. The lowest BCUT2D eigenvalue weighted by Gasteiger charge is -2.19. The summed E-state index contributed by atoms with van der Waals surface area (Å²) in [5, 5.41) is 15.7. The predicted molar refractivity (Wildman–Crippen MR) is 250 cm³/mol. The van der Waals surface area contributed by atoms with Gasteiger partial charge in [-0.3, -0.25) is 9.97 Å². The second kappa shape index (κ2) is 22.8. The molecule has 0 bridgehead atoms. The molecule has 4 aromatic heterocycles. The number of anilines is 3. The number of rotatable bonds is 11. The van der Waals surface area contributed by atoms with Crippen molar-refractivity contribution in [3.05, 3.63) is 126 Å². The molecular formula is C44H44F2N14O6S2. The van der Waals surface area contributed by atoms with Gasteiger partial charge in [-0.05, 0) is 82.6 Å². The lowest BCUT2D eigenvalue weighted by Crippen LogP contribution is -2.35.